The molecule has 2 saturated carbocycles. The fourth-order valence-corrected chi connectivity index (χ4v) is 3.53. The van der Waals surface area contributed by atoms with E-state index in [1.807, 2.05) is 0 Å². The van der Waals surface area contributed by atoms with Crippen LogP contribution >= 0.6 is 0 Å². The van der Waals surface area contributed by atoms with Crippen molar-refractivity contribution in [2.24, 2.45) is 29.6 Å². The molecule has 0 N–H and O–H groups in total. The second-order valence-corrected chi connectivity index (χ2v) is 6.77. The fourth-order valence-electron chi connectivity index (χ4n) is 3.53. The summed E-state index contributed by atoms with van der Waals surface area (Å²) < 4.78 is 0. The minimum atomic E-state index is 0.424. The first-order chi connectivity index (χ1) is 8.16. The van der Waals surface area contributed by atoms with Gasteiger partial charge in [0.05, 0.1) is 0 Å². The summed E-state index contributed by atoms with van der Waals surface area (Å²) in [6.45, 7) is 6.64. The van der Waals surface area contributed by atoms with Crippen LogP contribution < -0.4 is 0 Å². The number of hydrogen-bond acceptors (Lipinski definition) is 1. The lowest BCUT2D eigenvalue weighted by molar-refractivity contribution is -0.135. The van der Waals surface area contributed by atoms with E-state index in [0.717, 1.165) is 36.8 Å². The number of likely N-dealkylation sites (tertiary alicyclic amines) is 1. The molecule has 1 amide bonds. The Balaban J connectivity index is 1.54. The van der Waals surface area contributed by atoms with Gasteiger partial charge in [-0.15, -0.1) is 0 Å². The van der Waals surface area contributed by atoms with Crippen LogP contribution in [0.2, 0.25) is 0 Å². The minimum absolute atomic E-state index is 0.424. The Hall–Kier alpha value is -0.530. The van der Waals surface area contributed by atoms with Gasteiger partial charge in [-0.2, -0.15) is 0 Å². The van der Waals surface area contributed by atoms with Gasteiger partial charge < -0.3 is 4.90 Å². The van der Waals surface area contributed by atoms with E-state index in [9.17, 15) is 4.79 Å². The lowest BCUT2D eigenvalue weighted by atomic mass is 9.88. The number of piperidine rings is 1. The van der Waals surface area contributed by atoms with E-state index in [2.05, 4.69) is 18.7 Å². The number of hydrogen-bond donors (Lipinski definition) is 0. The average molecular weight is 235 g/mol. The quantitative estimate of drug-likeness (QED) is 0.736. The van der Waals surface area contributed by atoms with Crippen molar-refractivity contribution in [1.82, 2.24) is 4.90 Å². The summed E-state index contributed by atoms with van der Waals surface area (Å²) in [6, 6.07) is 0. The third kappa shape index (κ3) is 2.36. The average Bonchev–Trinajstić information content (AvgIpc) is 3.16. The summed E-state index contributed by atoms with van der Waals surface area (Å²) in [5.41, 5.74) is 0. The predicted molar refractivity (Wildman–Crippen MR) is 68.5 cm³/mol. The van der Waals surface area contributed by atoms with Gasteiger partial charge in [-0.1, -0.05) is 13.8 Å². The van der Waals surface area contributed by atoms with Crippen molar-refractivity contribution in [3.05, 3.63) is 0 Å². The molecule has 3 fully saturated rings. The van der Waals surface area contributed by atoms with E-state index < -0.39 is 0 Å². The Bertz CT molecular complexity index is 308. The second-order valence-electron chi connectivity index (χ2n) is 6.77. The van der Waals surface area contributed by atoms with Crippen molar-refractivity contribution in [3.8, 4) is 0 Å². The third-order valence-electron chi connectivity index (χ3n) is 5.10. The molecule has 1 unspecified atom stereocenters. The van der Waals surface area contributed by atoms with Crippen LogP contribution in [0.4, 0.5) is 0 Å². The van der Waals surface area contributed by atoms with E-state index in [1.54, 1.807) is 0 Å². The van der Waals surface area contributed by atoms with Crippen molar-refractivity contribution < 1.29 is 4.79 Å². The number of amides is 1. The molecule has 1 saturated heterocycles. The van der Waals surface area contributed by atoms with E-state index in [-0.39, 0.29) is 0 Å². The van der Waals surface area contributed by atoms with Gasteiger partial charge in [-0.3, -0.25) is 4.79 Å². The first-order valence-electron chi connectivity index (χ1n) is 7.45. The van der Waals surface area contributed by atoms with Crippen molar-refractivity contribution in [1.29, 1.82) is 0 Å². The first kappa shape index (κ1) is 11.6. The normalized spacial score (nSPS) is 37.4. The van der Waals surface area contributed by atoms with Crippen LogP contribution in [0.15, 0.2) is 0 Å². The lowest BCUT2D eigenvalue weighted by Crippen LogP contribution is -2.42. The molecule has 3 rings (SSSR count). The standard InChI is InChI=1S/C15H25NO/c1-10(2)12-4-3-7-16(9-12)15(17)14-8-13(14)11-5-6-11/h10-14H,3-9H2,1-2H3/t12?,13-,14+/m0/s1. The van der Waals surface area contributed by atoms with Crippen LogP contribution in [-0.2, 0) is 4.79 Å². The van der Waals surface area contributed by atoms with Gasteiger partial charge in [0, 0.05) is 19.0 Å². The van der Waals surface area contributed by atoms with E-state index in [4.69, 9.17) is 0 Å². The number of nitrogens with zero attached hydrogens (tertiary/aromatic N) is 1. The maximum atomic E-state index is 12.4. The molecule has 3 aliphatic rings. The van der Waals surface area contributed by atoms with Gasteiger partial charge in [-0.25, -0.2) is 0 Å². The zero-order valence-electron chi connectivity index (χ0n) is 11.2. The Kier molecular flexibility index (Phi) is 2.92. The molecule has 0 aromatic carbocycles. The summed E-state index contributed by atoms with van der Waals surface area (Å²) >= 11 is 0. The minimum Gasteiger partial charge on any atom is -0.342 e. The molecule has 0 aromatic heterocycles. The molecule has 2 heteroatoms. The van der Waals surface area contributed by atoms with Crippen LogP contribution in [0, 0.1) is 29.6 Å². The van der Waals surface area contributed by atoms with Gasteiger partial charge in [0.15, 0.2) is 0 Å². The Labute approximate surface area is 105 Å². The largest absolute Gasteiger partial charge is 0.342 e. The first-order valence-corrected chi connectivity index (χ1v) is 7.45. The van der Waals surface area contributed by atoms with Crippen LogP contribution in [0.1, 0.15) is 46.0 Å². The van der Waals surface area contributed by atoms with E-state index in [0.29, 0.717) is 11.8 Å². The fraction of sp³-hybridized carbons (Fsp3) is 0.933. The molecule has 3 atom stereocenters. The molecule has 0 radical (unpaired) electrons. The predicted octanol–water partition coefficient (Wildman–Crippen LogP) is 2.93. The van der Waals surface area contributed by atoms with Crippen molar-refractivity contribution in [3.63, 3.8) is 0 Å². The Morgan fingerprint density at radius 1 is 1.24 bits per heavy atom. The topological polar surface area (TPSA) is 20.3 Å². The number of rotatable bonds is 3. The molecule has 2 nitrogen and oxygen atoms in total. The van der Waals surface area contributed by atoms with Gasteiger partial charge in [0.25, 0.3) is 0 Å². The lowest BCUT2D eigenvalue weighted by Gasteiger charge is -2.35. The number of carbonyl (C=O) groups excluding carboxylic acids is 1. The van der Waals surface area contributed by atoms with Crippen molar-refractivity contribution in [2.75, 3.05) is 13.1 Å². The second kappa shape index (κ2) is 4.29. The van der Waals surface area contributed by atoms with Crippen molar-refractivity contribution >= 4 is 5.91 Å². The van der Waals surface area contributed by atoms with E-state index in [1.165, 1.54) is 32.1 Å². The Morgan fingerprint density at radius 3 is 2.65 bits per heavy atom. The molecule has 1 aliphatic heterocycles. The van der Waals surface area contributed by atoms with Crippen LogP contribution in [0.3, 0.4) is 0 Å². The monoisotopic (exact) mass is 235 g/mol. The maximum absolute atomic E-state index is 12.4. The summed E-state index contributed by atoms with van der Waals surface area (Å²) in [5.74, 6) is 4.09. The molecule has 2 aliphatic carbocycles. The smallest absolute Gasteiger partial charge is 0.225 e. The van der Waals surface area contributed by atoms with Gasteiger partial charge >= 0.3 is 0 Å². The zero-order chi connectivity index (χ0) is 12.0. The Morgan fingerprint density at radius 2 is 2.00 bits per heavy atom. The van der Waals surface area contributed by atoms with Crippen LogP contribution in [0.5, 0.6) is 0 Å². The molecule has 0 bridgehead atoms. The number of carbonyl (C=O) groups is 1. The summed E-state index contributed by atoms with van der Waals surface area (Å²) in [7, 11) is 0. The molecule has 96 valence electrons. The van der Waals surface area contributed by atoms with Crippen LogP contribution in [-0.4, -0.2) is 23.9 Å². The van der Waals surface area contributed by atoms with Gasteiger partial charge in [0.2, 0.25) is 5.91 Å². The third-order valence-corrected chi connectivity index (χ3v) is 5.10. The SMILES string of the molecule is CC(C)C1CCCN(C(=O)[C@@H]2C[C@H]2C2CC2)C1. The van der Waals surface area contributed by atoms with Gasteiger partial charge in [-0.05, 0) is 55.8 Å². The summed E-state index contributed by atoms with van der Waals surface area (Å²) in [5, 5.41) is 0. The summed E-state index contributed by atoms with van der Waals surface area (Å²) in [6.07, 6.45) is 6.52. The highest BCUT2D eigenvalue weighted by Gasteiger charge is 2.52. The molecule has 17 heavy (non-hydrogen) atoms. The molecule has 0 aromatic rings. The molecule has 0 spiro atoms. The highest BCUT2D eigenvalue weighted by Crippen LogP contribution is 2.55. The highest BCUT2D eigenvalue weighted by molar-refractivity contribution is 5.82. The molecular formula is C15H25NO. The van der Waals surface area contributed by atoms with Gasteiger partial charge in [0.1, 0.15) is 0 Å². The molecule has 1 heterocycles. The summed E-state index contributed by atoms with van der Waals surface area (Å²) in [4.78, 5) is 14.6. The zero-order valence-corrected chi connectivity index (χ0v) is 11.2. The van der Waals surface area contributed by atoms with E-state index >= 15 is 0 Å². The maximum Gasteiger partial charge on any atom is 0.225 e. The highest BCUT2D eigenvalue weighted by atomic mass is 16.2. The molecular weight excluding hydrogens is 210 g/mol. The van der Waals surface area contributed by atoms with Crippen molar-refractivity contribution in [2.45, 2.75) is 46.0 Å². The van der Waals surface area contributed by atoms with Crippen LogP contribution in [0.25, 0.3) is 0 Å².